The summed E-state index contributed by atoms with van der Waals surface area (Å²) in [6.45, 7) is 0. The molecular formula is C10H16N2O2S. The molecule has 0 spiro atoms. The van der Waals surface area contributed by atoms with Crippen LogP contribution in [-0.4, -0.2) is 32.5 Å². The molecule has 0 saturated heterocycles. The maximum Gasteiger partial charge on any atom is 0.147 e. The van der Waals surface area contributed by atoms with Gasteiger partial charge in [0.2, 0.25) is 0 Å². The second-order valence-electron chi connectivity index (χ2n) is 3.54. The van der Waals surface area contributed by atoms with Crippen molar-refractivity contribution in [1.29, 1.82) is 0 Å². The van der Waals surface area contributed by atoms with E-state index in [1.807, 2.05) is 19.2 Å². The molecule has 0 radical (unpaired) electrons. The van der Waals surface area contributed by atoms with Crippen molar-refractivity contribution in [3.8, 4) is 0 Å². The minimum atomic E-state index is -2.89. The zero-order valence-electron chi connectivity index (χ0n) is 8.97. The number of rotatable bonds is 5. The first-order valence-electron chi connectivity index (χ1n) is 4.78. The van der Waals surface area contributed by atoms with Gasteiger partial charge in [0.1, 0.15) is 9.84 Å². The third-order valence-electron chi connectivity index (χ3n) is 2.23. The smallest absolute Gasteiger partial charge is 0.147 e. The van der Waals surface area contributed by atoms with Crippen LogP contribution in [0.5, 0.6) is 0 Å². The van der Waals surface area contributed by atoms with Gasteiger partial charge >= 0.3 is 0 Å². The summed E-state index contributed by atoms with van der Waals surface area (Å²) in [5.41, 5.74) is 1.07. The molecule has 1 N–H and O–H groups in total. The highest BCUT2D eigenvalue weighted by Gasteiger charge is 2.11. The van der Waals surface area contributed by atoms with Crippen molar-refractivity contribution in [2.75, 3.05) is 19.1 Å². The number of sulfone groups is 1. The molecule has 15 heavy (non-hydrogen) atoms. The third kappa shape index (κ3) is 4.40. The van der Waals surface area contributed by atoms with E-state index in [9.17, 15) is 8.42 Å². The van der Waals surface area contributed by atoms with Gasteiger partial charge in [-0.2, -0.15) is 0 Å². The monoisotopic (exact) mass is 228 g/mol. The Hall–Kier alpha value is -0.940. The highest BCUT2D eigenvalue weighted by atomic mass is 32.2. The van der Waals surface area contributed by atoms with Crippen molar-refractivity contribution in [2.45, 2.75) is 12.5 Å². The molecular weight excluding hydrogens is 212 g/mol. The zero-order chi connectivity index (χ0) is 11.3. The van der Waals surface area contributed by atoms with E-state index < -0.39 is 9.84 Å². The Labute approximate surface area is 90.7 Å². The molecule has 0 bridgehead atoms. The van der Waals surface area contributed by atoms with E-state index in [-0.39, 0.29) is 11.8 Å². The number of aromatic nitrogens is 1. The predicted molar refractivity (Wildman–Crippen MR) is 60.4 cm³/mol. The Morgan fingerprint density at radius 2 is 2.00 bits per heavy atom. The maximum absolute atomic E-state index is 11.0. The third-order valence-corrected chi connectivity index (χ3v) is 3.21. The van der Waals surface area contributed by atoms with Gasteiger partial charge in [-0.3, -0.25) is 4.98 Å². The molecule has 1 atom stereocenters. The van der Waals surface area contributed by atoms with Crippen molar-refractivity contribution in [3.63, 3.8) is 0 Å². The van der Waals surface area contributed by atoms with Crippen molar-refractivity contribution in [2.24, 2.45) is 0 Å². The molecule has 0 amide bonds. The van der Waals surface area contributed by atoms with Crippen LogP contribution in [0.1, 0.15) is 18.0 Å². The number of pyridine rings is 1. The van der Waals surface area contributed by atoms with Gasteiger partial charge < -0.3 is 5.32 Å². The Morgan fingerprint density at radius 1 is 1.40 bits per heavy atom. The summed E-state index contributed by atoms with van der Waals surface area (Å²) in [4.78, 5) is 3.92. The van der Waals surface area contributed by atoms with E-state index in [1.54, 1.807) is 12.4 Å². The van der Waals surface area contributed by atoms with Crippen LogP contribution in [0.2, 0.25) is 0 Å². The van der Waals surface area contributed by atoms with Crippen LogP contribution >= 0.6 is 0 Å². The first kappa shape index (κ1) is 12.1. The van der Waals surface area contributed by atoms with Crippen LogP contribution in [0.4, 0.5) is 0 Å². The fourth-order valence-corrected chi connectivity index (χ4v) is 2.07. The molecule has 0 fully saturated rings. The van der Waals surface area contributed by atoms with Crippen LogP contribution in [0.25, 0.3) is 0 Å². The number of nitrogens with one attached hydrogen (secondary N) is 1. The molecule has 84 valence electrons. The molecule has 4 nitrogen and oxygen atoms in total. The van der Waals surface area contributed by atoms with Crippen molar-refractivity contribution in [1.82, 2.24) is 10.3 Å². The zero-order valence-corrected chi connectivity index (χ0v) is 9.79. The molecule has 0 aliphatic heterocycles. The molecule has 1 aromatic rings. The summed E-state index contributed by atoms with van der Waals surface area (Å²) < 4.78 is 22.1. The first-order valence-corrected chi connectivity index (χ1v) is 6.84. The van der Waals surface area contributed by atoms with E-state index in [2.05, 4.69) is 10.3 Å². The van der Waals surface area contributed by atoms with Crippen LogP contribution in [-0.2, 0) is 9.84 Å². The van der Waals surface area contributed by atoms with Gasteiger partial charge in [-0.15, -0.1) is 0 Å². The molecule has 5 heteroatoms. The summed E-state index contributed by atoms with van der Waals surface area (Å²) in [5, 5.41) is 3.10. The molecule has 1 aromatic heterocycles. The van der Waals surface area contributed by atoms with Gasteiger partial charge in [0.05, 0.1) is 5.75 Å². The largest absolute Gasteiger partial charge is 0.313 e. The topological polar surface area (TPSA) is 59.1 Å². The van der Waals surface area contributed by atoms with Gasteiger partial charge in [-0.05, 0) is 31.2 Å². The lowest BCUT2D eigenvalue weighted by Crippen LogP contribution is -2.19. The Morgan fingerprint density at radius 3 is 2.47 bits per heavy atom. The van der Waals surface area contributed by atoms with Crippen LogP contribution in [0.15, 0.2) is 24.5 Å². The summed E-state index contributed by atoms with van der Waals surface area (Å²) in [5.74, 6) is 0.195. The van der Waals surface area contributed by atoms with E-state index in [4.69, 9.17) is 0 Å². The van der Waals surface area contributed by atoms with Crippen LogP contribution in [0.3, 0.4) is 0 Å². The summed E-state index contributed by atoms with van der Waals surface area (Å²) >= 11 is 0. The van der Waals surface area contributed by atoms with Crippen molar-refractivity contribution < 1.29 is 8.42 Å². The van der Waals surface area contributed by atoms with Gasteiger partial charge in [0.15, 0.2) is 0 Å². The van der Waals surface area contributed by atoms with E-state index in [1.165, 1.54) is 6.26 Å². The predicted octanol–water partition coefficient (Wildman–Crippen LogP) is 0.777. The summed E-state index contributed by atoms with van der Waals surface area (Å²) in [6.07, 6.45) is 5.26. The SMILES string of the molecule is CNC(CCS(C)(=O)=O)c1ccncc1. The lowest BCUT2D eigenvalue weighted by atomic mass is 10.1. The van der Waals surface area contributed by atoms with Crippen molar-refractivity contribution in [3.05, 3.63) is 30.1 Å². The lowest BCUT2D eigenvalue weighted by Gasteiger charge is -2.15. The van der Waals surface area contributed by atoms with E-state index in [0.717, 1.165) is 5.56 Å². The minimum Gasteiger partial charge on any atom is -0.313 e. The normalized spacial score (nSPS) is 13.7. The Bertz CT molecular complexity index is 389. The average molecular weight is 228 g/mol. The number of nitrogens with zero attached hydrogens (tertiary/aromatic N) is 1. The van der Waals surface area contributed by atoms with Gasteiger partial charge in [-0.1, -0.05) is 0 Å². The summed E-state index contributed by atoms with van der Waals surface area (Å²) in [7, 11) is -1.07. The number of hydrogen-bond acceptors (Lipinski definition) is 4. The Kier molecular flexibility index (Phi) is 4.23. The van der Waals surface area contributed by atoms with E-state index in [0.29, 0.717) is 6.42 Å². The molecule has 1 unspecified atom stereocenters. The first-order chi connectivity index (χ1) is 7.03. The number of hydrogen-bond donors (Lipinski definition) is 1. The van der Waals surface area contributed by atoms with Crippen LogP contribution < -0.4 is 5.32 Å². The fraction of sp³-hybridized carbons (Fsp3) is 0.500. The van der Waals surface area contributed by atoms with E-state index >= 15 is 0 Å². The molecule has 1 rings (SSSR count). The highest BCUT2D eigenvalue weighted by Crippen LogP contribution is 2.15. The molecule has 0 aromatic carbocycles. The quantitative estimate of drug-likeness (QED) is 0.809. The second-order valence-corrected chi connectivity index (χ2v) is 5.80. The fourth-order valence-electron chi connectivity index (χ4n) is 1.41. The van der Waals surface area contributed by atoms with Gasteiger partial charge in [-0.25, -0.2) is 8.42 Å². The molecule has 1 heterocycles. The standard InChI is InChI=1S/C10H16N2O2S/c1-11-10(5-8-15(2,13)14)9-3-6-12-7-4-9/h3-4,6-7,10-11H,5,8H2,1-2H3. The van der Waals surface area contributed by atoms with Gasteiger partial charge in [0, 0.05) is 24.7 Å². The Balaban J connectivity index is 2.66. The average Bonchev–Trinajstić information content (AvgIpc) is 2.19. The summed E-state index contributed by atoms with van der Waals surface area (Å²) in [6, 6.07) is 3.86. The second kappa shape index (κ2) is 5.23. The maximum atomic E-state index is 11.0. The van der Waals surface area contributed by atoms with Crippen LogP contribution in [0, 0.1) is 0 Å². The molecule has 0 aliphatic carbocycles. The molecule has 0 saturated carbocycles. The molecule has 0 aliphatic rings. The van der Waals surface area contributed by atoms with Gasteiger partial charge in [0.25, 0.3) is 0 Å². The van der Waals surface area contributed by atoms with Crippen molar-refractivity contribution >= 4 is 9.84 Å². The highest BCUT2D eigenvalue weighted by molar-refractivity contribution is 7.90. The minimum absolute atomic E-state index is 0.0720. The lowest BCUT2D eigenvalue weighted by molar-refractivity contribution is 0.558.